The van der Waals surface area contributed by atoms with Gasteiger partial charge in [-0.05, 0) is 43.7 Å². The van der Waals surface area contributed by atoms with Gasteiger partial charge in [-0.15, -0.1) is 0 Å². The minimum absolute atomic E-state index is 0.113. The number of carbonyl (C=O) groups excluding carboxylic acids is 2. The molecule has 228 valence electrons. The van der Waals surface area contributed by atoms with Crippen LogP contribution in [0.2, 0.25) is 0 Å². The third kappa shape index (κ3) is 6.17. The van der Waals surface area contributed by atoms with Crippen LogP contribution in [0.1, 0.15) is 13.8 Å². The van der Waals surface area contributed by atoms with Gasteiger partial charge in [0.05, 0.1) is 25.0 Å². The number of ketones is 1. The molecule has 1 aliphatic heterocycles. The van der Waals surface area contributed by atoms with E-state index >= 15 is 0 Å². The van der Waals surface area contributed by atoms with Crippen LogP contribution in [0.25, 0.3) is 22.0 Å². The first kappa shape index (κ1) is 30.4. The summed E-state index contributed by atoms with van der Waals surface area (Å²) in [6, 6.07) is 6.70. The van der Waals surface area contributed by atoms with E-state index in [0.29, 0.717) is 59.9 Å². The van der Waals surface area contributed by atoms with E-state index in [1.165, 1.54) is 44.8 Å². The van der Waals surface area contributed by atoms with Crippen LogP contribution in [0.4, 0.5) is 20.3 Å². The Hall–Kier alpha value is -5.05. The number of piperazine rings is 1. The summed E-state index contributed by atoms with van der Waals surface area (Å²) in [7, 11) is -3.44. The van der Waals surface area contributed by atoms with Crippen molar-refractivity contribution in [3.63, 3.8) is 0 Å². The number of hydrogen-bond acceptors (Lipinski definition) is 10. The number of sulfonamides is 1. The number of carbonyl (C=O) groups is 2. The number of anilines is 2. The molecule has 12 nitrogen and oxygen atoms in total. The molecule has 4 aromatic rings. The highest BCUT2D eigenvalue weighted by Crippen LogP contribution is 2.34. The first-order chi connectivity index (χ1) is 21.0. The van der Waals surface area contributed by atoms with Crippen molar-refractivity contribution in [1.82, 2.24) is 24.8 Å². The largest absolute Gasteiger partial charge is 0.480 e. The number of halogens is 2. The molecule has 1 atom stereocenters. The van der Waals surface area contributed by atoms with Crippen molar-refractivity contribution in [3.05, 3.63) is 73.0 Å². The summed E-state index contributed by atoms with van der Waals surface area (Å²) in [5.74, 6) is -2.63. The fourth-order valence-corrected chi connectivity index (χ4v) is 6.07. The second-order valence-corrected chi connectivity index (χ2v) is 11.6. The highest BCUT2D eigenvalue weighted by atomic mass is 32.2. The van der Waals surface area contributed by atoms with E-state index in [1.54, 1.807) is 17.0 Å². The first-order valence-corrected chi connectivity index (χ1v) is 14.8. The average Bonchev–Trinajstić information content (AvgIpc) is 2.99. The Balaban J connectivity index is 1.47. The molecule has 0 saturated carbocycles. The summed E-state index contributed by atoms with van der Waals surface area (Å²) in [5, 5.41) is 0.701. The molecular formula is C29H27F2N7O5S. The van der Waals surface area contributed by atoms with Gasteiger partial charge in [0.2, 0.25) is 11.8 Å². The molecule has 15 heteroatoms. The molecule has 1 N–H and O–H groups in total. The molecule has 44 heavy (non-hydrogen) atoms. The van der Waals surface area contributed by atoms with Gasteiger partial charge in [0.1, 0.15) is 17.8 Å². The summed E-state index contributed by atoms with van der Waals surface area (Å²) in [6.45, 7) is 4.66. The maximum Gasteiger partial charge on any atom is 0.268 e. The predicted octanol–water partition coefficient (Wildman–Crippen LogP) is 3.36. The van der Waals surface area contributed by atoms with E-state index in [1.807, 2.05) is 13.0 Å². The molecule has 0 aliphatic carbocycles. The van der Waals surface area contributed by atoms with E-state index in [9.17, 15) is 26.8 Å². The van der Waals surface area contributed by atoms with Gasteiger partial charge in [0, 0.05) is 48.9 Å². The molecule has 3 aromatic heterocycles. The Morgan fingerprint density at radius 1 is 1.02 bits per heavy atom. The molecular weight excluding hydrogens is 596 g/mol. The van der Waals surface area contributed by atoms with E-state index in [2.05, 4.69) is 29.6 Å². The molecule has 0 spiro atoms. The average molecular weight is 624 g/mol. The number of benzene rings is 1. The molecule has 0 radical (unpaired) electrons. The molecule has 0 unspecified atom stereocenters. The van der Waals surface area contributed by atoms with Crippen molar-refractivity contribution in [3.8, 4) is 17.0 Å². The summed E-state index contributed by atoms with van der Waals surface area (Å²) in [4.78, 5) is 42.7. The SMILES string of the molecule is COc1ncc(-c2ccc3ncnc(N4CCN(C(=O)/C=C/C(C)=O)C[C@@H]4C)c3c2)cc1NS(=O)(=O)c1c(F)cncc1F. The Kier molecular flexibility index (Phi) is 8.49. The summed E-state index contributed by atoms with van der Waals surface area (Å²) in [6.07, 6.45) is 6.65. The lowest BCUT2D eigenvalue weighted by molar-refractivity contribution is -0.127. The van der Waals surface area contributed by atoms with Crippen LogP contribution in [0, 0.1) is 11.6 Å². The van der Waals surface area contributed by atoms with Gasteiger partial charge in [-0.1, -0.05) is 6.07 Å². The molecule has 1 aliphatic rings. The smallest absolute Gasteiger partial charge is 0.268 e. The van der Waals surface area contributed by atoms with Crippen LogP contribution in [-0.2, 0) is 19.6 Å². The number of methoxy groups -OCH3 is 1. The lowest BCUT2D eigenvalue weighted by atomic mass is 10.0. The Morgan fingerprint density at radius 3 is 2.45 bits per heavy atom. The zero-order valence-corrected chi connectivity index (χ0v) is 24.7. The molecule has 1 aromatic carbocycles. The van der Waals surface area contributed by atoms with Crippen molar-refractivity contribution < 1.29 is 31.5 Å². The summed E-state index contributed by atoms with van der Waals surface area (Å²) in [5.41, 5.74) is 1.61. The van der Waals surface area contributed by atoms with E-state index in [4.69, 9.17) is 4.74 Å². The molecule has 4 heterocycles. The Bertz CT molecular complexity index is 1880. The fourth-order valence-electron chi connectivity index (χ4n) is 4.92. The number of ether oxygens (including phenoxy) is 1. The van der Waals surface area contributed by atoms with Crippen molar-refractivity contribution in [1.29, 1.82) is 0 Å². The van der Waals surface area contributed by atoms with Crippen molar-refractivity contribution in [2.45, 2.75) is 24.8 Å². The van der Waals surface area contributed by atoms with Crippen LogP contribution in [0.5, 0.6) is 5.88 Å². The van der Waals surface area contributed by atoms with E-state index in [-0.39, 0.29) is 29.3 Å². The molecule has 1 saturated heterocycles. The minimum atomic E-state index is -4.72. The van der Waals surface area contributed by atoms with Crippen LogP contribution < -0.4 is 14.4 Å². The van der Waals surface area contributed by atoms with Crippen LogP contribution >= 0.6 is 0 Å². The fraction of sp³-hybridized carbons (Fsp3) is 0.241. The number of fused-ring (bicyclic) bond motifs is 1. The quantitative estimate of drug-likeness (QED) is 0.290. The number of allylic oxidation sites excluding steroid dienone is 1. The van der Waals surface area contributed by atoms with Gasteiger partial charge < -0.3 is 14.5 Å². The lowest BCUT2D eigenvalue weighted by Crippen LogP contribution is -2.53. The normalized spacial score (nSPS) is 15.5. The number of hydrogen-bond donors (Lipinski definition) is 1. The monoisotopic (exact) mass is 623 g/mol. The van der Waals surface area contributed by atoms with Crippen molar-refractivity contribution in [2.24, 2.45) is 0 Å². The van der Waals surface area contributed by atoms with Gasteiger partial charge in [0.15, 0.2) is 22.3 Å². The van der Waals surface area contributed by atoms with Crippen molar-refractivity contribution in [2.75, 3.05) is 36.4 Å². The third-order valence-electron chi connectivity index (χ3n) is 6.99. The number of amides is 1. The van der Waals surface area contributed by atoms with Crippen LogP contribution in [0.15, 0.2) is 66.2 Å². The maximum absolute atomic E-state index is 14.2. The van der Waals surface area contributed by atoms with Gasteiger partial charge in [0.25, 0.3) is 10.0 Å². The maximum atomic E-state index is 14.2. The Labute approximate surface area is 251 Å². The number of nitrogens with zero attached hydrogens (tertiary/aromatic N) is 6. The second-order valence-electron chi connectivity index (χ2n) is 10.0. The summed E-state index contributed by atoms with van der Waals surface area (Å²) < 4.78 is 61.8. The van der Waals surface area contributed by atoms with Crippen LogP contribution in [-0.4, -0.2) is 77.7 Å². The Morgan fingerprint density at radius 2 is 1.77 bits per heavy atom. The molecule has 1 fully saturated rings. The summed E-state index contributed by atoms with van der Waals surface area (Å²) >= 11 is 0. The van der Waals surface area contributed by atoms with Gasteiger partial charge in [-0.2, -0.15) is 0 Å². The standard InChI is InChI=1S/C29H27F2N7O5S/c1-17-15-37(26(40)7-4-18(2)39)8-9-38(17)28-21-10-19(5-6-24(21)34-16-35-28)20-11-25(29(43-3)33-12-20)36-44(41,42)27-22(30)13-32-14-23(27)31/h4-7,10-14,16-17,36H,8-9,15H2,1-3H3/b7-4+/t17-/m0/s1. The zero-order chi connectivity index (χ0) is 31.6. The second kappa shape index (κ2) is 12.3. The lowest BCUT2D eigenvalue weighted by Gasteiger charge is -2.40. The molecule has 5 rings (SSSR count). The topological polar surface area (TPSA) is 148 Å². The zero-order valence-electron chi connectivity index (χ0n) is 23.9. The molecule has 0 bridgehead atoms. The van der Waals surface area contributed by atoms with Gasteiger partial charge in [-0.3, -0.25) is 19.3 Å². The number of nitrogens with one attached hydrogen (secondary N) is 1. The number of aromatic nitrogens is 4. The highest BCUT2D eigenvalue weighted by Gasteiger charge is 2.29. The van der Waals surface area contributed by atoms with E-state index in [0.717, 1.165) is 0 Å². The van der Waals surface area contributed by atoms with Crippen LogP contribution in [0.3, 0.4) is 0 Å². The molecule has 1 amide bonds. The van der Waals surface area contributed by atoms with Gasteiger partial charge in [-0.25, -0.2) is 32.2 Å². The highest BCUT2D eigenvalue weighted by molar-refractivity contribution is 7.92. The number of rotatable bonds is 8. The van der Waals surface area contributed by atoms with Gasteiger partial charge >= 0.3 is 0 Å². The minimum Gasteiger partial charge on any atom is -0.480 e. The first-order valence-electron chi connectivity index (χ1n) is 13.3. The predicted molar refractivity (Wildman–Crippen MR) is 157 cm³/mol. The number of pyridine rings is 2. The third-order valence-corrected chi connectivity index (χ3v) is 8.40. The van der Waals surface area contributed by atoms with Crippen molar-refractivity contribution >= 4 is 44.1 Å². The van der Waals surface area contributed by atoms with E-state index < -0.39 is 26.6 Å².